The minimum atomic E-state index is -0.0320. The number of amides is 1. The summed E-state index contributed by atoms with van der Waals surface area (Å²) in [7, 11) is 1.84. The highest BCUT2D eigenvalue weighted by Gasteiger charge is 2.19. The van der Waals surface area contributed by atoms with Crippen molar-refractivity contribution in [1.82, 2.24) is 9.80 Å². The zero-order valence-electron chi connectivity index (χ0n) is 14.9. The third-order valence-corrected chi connectivity index (χ3v) is 5.27. The second kappa shape index (κ2) is 8.03. The molecule has 4 heteroatoms. The fourth-order valence-electron chi connectivity index (χ4n) is 3.32. The van der Waals surface area contributed by atoms with Crippen molar-refractivity contribution < 1.29 is 4.79 Å². The van der Waals surface area contributed by atoms with Crippen LogP contribution in [-0.4, -0.2) is 35.8 Å². The van der Waals surface area contributed by atoms with Gasteiger partial charge in [0, 0.05) is 24.2 Å². The largest absolute Gasteiger partial charge is 0.335 e. The Kier molecular flexibility index (Phi) is 5.77. The van der Waals surface area contributed by atoms with Crippen LogP contribution in [0.25, 0.3) is 0 Å². The lowest BCUT2D eigenvalue weighted by Gasteiger charge is -2.25. The van der Waals surface area contributed by atoms with E-state index >= 15 is 0 Å². The normalized spacial score (nSPS) is 16.0. The molecule has 0 bridgehead atoms. The van der Waals surface area contributed by atoms with Gasteiger partial charge in [-0.3, -0.25) is 9.69 Å². The summed E-state index contributed by atoms with van der Waals surface area (Å²) in [6.07, 6.45) is 2.59. The molecule has 0 unspecified atom stereocenters. The van der Waals surface area contributed by atoms with Crippen molar-refractivity contribution in [3.05, 3.63) is 70.2 Å². The van der Waals surface area contributed by atoms with Crippen molar-refractivity contribution in [2.45, 2.75) is 32.4 Å². The number of carbonyl (C=O) groups is 1. The first-order valence-corrected chi connectivity index (χ1v) is 9.26. The highest BCUT2D eigenvalue weighted by molar-refractivity contribution is 6.30. The maximum Gasteiger partial charge on any atom is 0.254 e. The average molecular weight is 357 g/mol. The highest BCUT2D eigenvalue weighted by Crippen LogP contribution is 2.23. The molecule has 1 aliphatic rings. The Morgan fingerprint density at radius 2 is 1.84 bits per heavy atom. The summed E-state index contributed by atoms with van der Waals surface area (Å²) in [5.41, 5.74) is 3.03. The lowest BCUT2D eigenvalue weighted by Crippen LogP contribution is -2.29. The topological polar surface area (TPSA) is 23.6 Å². The average Bonchev–Trinajstić information content (AvgIpc) is 3.13. The lowest BCUT2D eigenvalue weighted by molar-refractivity contribution is 0.0742. The Morgan fingerprint density at radius 3 is 2.48 bits per heavy atom. The first-order chi connectivity index (χ1) is 12.0. The van der Waals surface area contributed by atoms with Crippen molar-refractivity contribution in [2.75, 3.05) is 20.1 Å². The Balaban J connectivity index is 1.67. The van der Waals surface area contributed by atoms with Crippen LogP contribution < -0.4 is 0 Å². The Morgan fingerprint density at radius 1 is 1.16 bits per heavy atom. The van der Waals surface area contributed by atoms with E-state index in [1.54, 1.807) is 4.90 Å². The molecule has 1 fully saturated rings. The fourth-order valence-corrected chi connectivity index (χ4v) is 3.52. The number of carbonyl (C=O) groups excluding carboxylic acids is 1. The van der Waals surface area contributed by atoms with Crippen molar-refractivity contribution in [2.24, 2.45) is 0 Å². The molecule has 0 N–H and O–H groups in total. The smallest absolute Gasteiger partial charge is 0.254 e. The van der Waals surface area contributed by atoms with Gasteiger partial charge in [0.05, 0.1) is 6.04 Å². The summed E-state index contributed by atoms with van der Waals surface area (Å²) >= 11 is 6.07. The zero-order valence-corrected chi connectivity index (χ0v) is 15.7. The number of rotatable bonds is 5. The molecule has 3 nitrogen and oxygen atoms in total. The maximum absolute atomic E-state index is 12.8. The molecule has 0 aromatic heterocycles. The number of hydrogen-bond donors (Lipinski definition) is 0. The van der Waals surface area contributed by atoms with Gasteiger partial charge in [0.25, 0.3) is 5.91 Å². The Labute approximate surface area is 155 Å². The van der Waals surface area contributed by atoms with Gasteiger partial charge in [-0.25, -0.2) is 0 Å². The SMILES string of the molecule is C[C@@H](c1cccc(Cl)c1)N(C)C(=O)c1ccc(CN2CCCC2)cc1. The van der Waals surface area contributed by atoms with E-state index in [0.717, 1.165) is 17.7 Å². The molecular weight excluding hydrogens is 332 g/mol. The number of halogens is 1. The number of hydrogen-bond acceptors (Lipinski definition) is 2. The van der Waals surface area contributed by atoms with Crippen LogP contribution in [0.3, 0.4) is 0 Å². The van der Waals surface area contributed by atoms with Crippen LogP contribution in [0.2, 0.25) is 5.02 Å². The molecule has 0 radical (unpaired) electrons. The molecular formula is C21H25ClN2O. The molecule has 1 atom stereocenters. The highest BCUT2D eigenvalue weighted by atomic mass is 35.5. The van der Waals surface area contributed by atoms with Gasteiger partial charge in [0.2, 0.25) is 0 Å². The predicted molar refractivity (Wildman–Crippen MR) is 103 cm³/mol. The van der Waals surface area contributed by atoms with E-state index in [-0.39, 0.29) is 11.9 Å². The van der Waals surface area contributed by atoms with Gasteiger partial charge in [-0.15, -0.1) is 0 Å². The van der Waals surface area contributed by atoms with E-state index in [0.29, 0.717) is 5.02 Å². The Bertz CT molecular complexity index is 723. The summed E-state index contributed by atoms with van der Waals surface area (Å²) in [6, 6.07) is 15.7. The van der Waals surface area contributed by atoms with Gasteiger partial charge in [0.15, 0.2) is 0 Å². The molecule has 1 saturated heterocycles. The van der Waals surface area contributed by atoms with Gasteiger partial charge in [0.1, 0.15) is 0 Å². The predicted octanol–water partition coefficient (Wildman–Crippen LogP) is 4.77. The minimum absolute atomic E-state index is 0.0280. The number of benzene rings is 2. The summed E-state index contributed by atoms with van der Waals surface area (Å²) in [4.78, 5) is 17.0. The zero-order chi connectivity index (χ0) is 17.8. The van der Waals surface area contributed by atoms with Crippen molar-refractivity contribution in [3.8, 4) is 0 Å². The monoisotopic (exact) mass is 356 g/mol. The van der Waals surface area contributed by atoms with Crippen LogP contribution in [0.1, 0.15) is 47.3 Å². The van der Waals surface area contributed by atoms with Gasteiger partial charge < -0.3 is 4.90 Å². The summed E-state index contributed by atoms with van der Waals surface area (Å²) in [5, 5.41) is 0.691. The molecule has 2 aromatic carbocycles. The van der Waals surface area contributed by atoms with Crippen molar-refractivity contribution >= 4 is 17.5 Å². The summed E-state index contributed by atoms with van der Waals surface area (Å²) < 4.78 is 0. The van der Waals surface area contributed by atoms with Crippen LogP contribution in [0.4, 0.5) is 0 Å². The summed E-state index contributed by atoms with van der Waals surface area (Å²) in [6.45, 7) is 5.36. The van der Waals surface area contributed by atoms with E-state index in [1.165, 1.54) is 31.5 Å². The van der Waals surface area contributed by atoms with E-state index < -0.39 is 0 Å². The van der Waals surface area contributed by atoms with Gasteiger partial charge >= 0.3 is 0 Å². The molecule has 1 amide bonds. The van der Waals surface area contributed by atoms with Gasteiger partial charge in [-0.2, -0.15) is 0 Å². The molecule has 132 valence electrons. The van der Waals surface area contributed by atoms with Crippen LogP contribution in [-0.2, 0) is 6.54 Å². The molecule has 1 heterocycles. The van der Waals surface area contributed by atoms with Crippen LogP contribution in [0.15, 0.2) is 48.5 Å². The van der Waals surface area contributed by atoms with Crippen LogP contribution in [0, 0.1) is 0 Å². The second-order valence-corrected chi connectivity index (χ2v) is 7.26. The lowest BCUT2D eigenvalue weighted by atomic mass is 10.1. The minimum Gasteiger partial charge on any atom is -0.335 e. The van der Waals surface area contributed by atoms with Gasteiger partial charge in [-0.05, 0) is 68.2 Å². The van der Waals surface area contributed by atoms with Crippen LogP contribution in [0.5, 0.6) is 0 Å². The third-order valence-electron chi connectivity index (χ3n) is 5.04. The molecule has 0 aliphatic carbocycles. The fraction of sp³-hybridized carbons (Fsp3) is 0.381. The molecule has 1 aliphatic heterocycles. The van der Waals surface area contributed by atoms with Crippen molar-refractivity contribution in [3.63, 3.8) is 0 Å². The van der Waals surface area contributed by atoms with Crippen LogP contribution >= 0.6 is 11.6 Å². The van der Waals surface area contributed by atoms with E-state index in [1.807, 2.05) is 50.4 Å². The maximum atomic E-state index is 12.8. The molecule has 2 aromatic rings. The van der Waals surface area contributed by atoms with E-state index in [2.05, 4.69) is 17.0 Å². The molecule has 0 spiro atoms. The summed E-state index contributed by atoms with van der Waals surface area (Å²) in [5.74, 6) is 0.0280. The van der Waals surface area contributed by atoms with E-state index in [4.69, 9.17) is 11.6 Å². The quantitative estimate of drug-likeness (QED) is 0.770. The number of likely N-dealkylation sites (tertiary alicyclic amines) is 1. The van der Waals surface area contributed by atoms with Crippen molar-refractivity contribution in [1.29, 1.82) is 0 Å². The van der Waals surface area contributed by atoms with Gasteiger partial charge in [-0.1, -0.05) is 35.9 Å². The number of nitrogens with zero attached hydrogens (tertiary/aromatic N) is 2. The second-order valence-electron chi connectivity index (χ2n) is 6.83. The first kappa shape index (κ1) is 18.0. The van der Waals surface area contributed by atoms with E-state index in [9.17, 15) is 4.79 Å². The third kappa shape index (κ3) is 4.42. The Hall–Kier alpha value is -1.84. The molecule has 0 saturated carbocycles. The molecule has 25 heavy (non-hydrogen) atoms. The standard InChI is InChI=1S/C21H25ClN2O/c1-16(19-6-5-7-20(22)14-19)23(2)21(25)18-10-8-17(9-11-18)15-24-12-3-4-13-24/h5-11,14,16H,3-4,12-13,15H2,1-2H3/t16-/m0/s1. The first-order valence-electron chi connectivity index (χ1n) is 8.88. The molecule has 3 rings (SSSR count).